The third-order valence-corrected chi connectivity index (χ3v) is 6.07. The van der Waals surface area contributed by atoms with E-state index in [2.05, 4.69) is 0 Å². The van der Waals surface area contributed by atoms with Crippen LogP contribution >= 0.6 is 0 Å². The summed E-state index contributed by atoms with van der Waals surface area (Å²) in [5.74, 6) is 1.49. The Hall–Kier alpha value is -2.65. The molecule has 2 aliphatic heterocycles. The minimum Gasteiger partial charge on any atom is -0.496 e. The lowest BCUT2D eigenvalue weighted by atomic mass is 9.92. The summed E-state index contributed by atoms with van der Waals surface area (Å²) in [6, 6.07) is 11.6. The van der Waals surface area contributed by atoms with Crippen LogP contribution in [0.15, 0.2) is 36.4 Å². The van der Waals surface area contributed by atoms with E-state index in [4.69, 9.17) is 23.7 Å². The first-order valence-electron chi connectivity index (χ1n) is 11.1. The normalized spacial score (nSPS) is 25.2. The molecule has 0 bridgehead atoms. The van der Waals surface area contributed by atoms with Crippen LogP contribution in [-0.2, 0) is 20.7 Å². The maximum absolute atomic E-state index is 12.0. The molecular weight excluding hydrogens is 428 g/mol. The van der Waals surface area contributed by atoms with E-state index in [1.54, 1.807) is 20.3 Å². The second-order valence-electron chi connectivity index (χ2n) is 8.28. The van der Waals surface area contributed by atoms with Crippen molar-refractivity contribution in [2.45, 2.75) is 43.7 Å². The highest BCUT2D eigenvalue weighted by molar-refractivity contribution is 5.88. The maximum Gasteiger partial charge on any atom is 0.192 e. The van der Waals surface area contributed by atoms with Crippen molar-refractivity contribution in [3.05, 3.63) is 53.1 Å². The van der Waals surface area contributed by atoms with Gasteiger partial charge in [0.1, 0.15) is 35.6 Å². The van der Waals surface area contributed by atoms with E-state index in [-0.39, 0.29) is 12.5 Å². The van der Waals surface area contributed by atoms with Crippen molar-refractivity contribution in [2.24, 2.45) is 0 Å². The molecule has 33 heavy (non-hydrogen) atoms. The molecule has 0 radical (unpaired) electrons. The molecule has 2 aromatic carbocycles. The van der Waals surface area contributed by atoms with Gasteiger partial charge in [0.05, 0.1) is 40.1 Å². The molecule has 8 nitrogen and oxygen atoms in total. The van der Waals surface area contributed by atoms with E-state index < -0.39 is 30.7 Å². The van der Waals surface area contributed by atoms with Gasteiger partial charge >= 0.3 is 0 Å². The Balaban J connectivity index is 1.57. The van der Waals surface area contributed by atoms with E-state index in [1.165, 1.54) is 0 Å². The van der Waals surface area contributed by atoms with Crippen molar-refractivity contribution in [1.29, 1.82) is 0 Å². The summed E-state index contributed by atoms with van der Waals surface area (Å²) in [6.07, 6.45) is -1.19. The van der Waals surface area contributed by atoms with Crippen LogP contribution in [0.1, 0.15) is 35.6 Å². The van der Waals surface area contributed by atoms with Crippen LogP contribution < -0.4 is 14.2 Å². The van der Waals surface area contributed by atoms with Crippen LogP contribution in [0.5, 0.6) is 17.2 Å². The zero-order valence-electron chi connectivity index (χ0n) is 18.9. The number of aliphatic hydroxyl groups is 2. The number of hydrogen-bond acceptors (Lipinski definition) is 8. The van der Waals surface area contributed by atoms with Gasteiger partial charge in [-0.05, 0) is 29.3 Å². The zero-order valence-corrected chi connectivity index (χ0v) is 18.9. The SMILES string of the molecule is COc1cc(OC)c([C@H]2C[C@@H](O)C(=O)[C@@H](CO)O2)cc1Cc1ccc(O[C@H]2CCOC2)cc1. The summed E-state index contributed by atoms with van der Waals surface area (Å²) < 4.78 is 28.2. The number of benzene rings is 2. The van der Waals surface area contributed by atoms with Crippen molar-refractivity contribution in [1.82, 2.24) is 0 Å². The first-order valence-corrected chi connectivity index (χ1v) is 11.1. The molecule has 4 rings (SSSR count). The Morgan fingerprint density at radius 1 is 1.09 bits per heavy atom. The fourth-order valence-electron chi connectivity index (χ4n) is 4.27. The first kappa shape index (κ1) is 23.5. The van der Waals surface area contributed by atoms with E-state index >= 15 is 0 Å². The second kappa shape index (κ2) is 10.5. The van der Waals surface area contributed by atoms with Crippen LogP contribution in [0.3, 0.4) is 0 Å². The monoisotopic (exact) mass is 458 g/mol. The van der Waals surface area contributed by atoms with Crippen LogP contribution in [0.4, 0.5) is 0 Å². The molecule has 0 aliphatic carbocycles. The summed E-state index contributed by atoms with van der Waals surface area (Å²) in [5.41, 5.74) is 2.66. The molecule has 2 fully saturated rings. The molecule has 0 saturated carbocycles. The van der Waals surface area contributed by atoms with E-state index in [0.29, 0.717) is 30.1 Å². The van der Waals surface area contributed by atoms with Gasteiger partial charge in [-0.3, -0.25) is 4.79 Å². The number of carbonyl (C=O) groups is 1. The standard InChI is InChI=1S/C25H30O8/c1-29-21-12-22(30-2)19(23-11-20(27)25(28)24(13-26)33-23)10-16(21)9-15-3-5-17(6-4-15)32-18-7-8-31-14-18/h3-6,10,12,18,20,23-24,26-27H,7-9,11,13-14H2,1-2H3/t18-,20+,23+,24+/m0/s1. The van der Waals surface area contributed by atoms with Crippen LogP contribution in [0.2, 0.25) is 0 Å². The molecule has 178 valence electrons. The fourth-order valence-corrected chi connectivity index (χ4v) is 4.27. The van der Waals surface area contributed by atoms with Gasteiger partial charge in [-0.1, -0.05) is 12.1 Å². The third-order valence-electron chi connectivity index (χ3n) is 6.07. The Morgan fingerprint density at radius 3 is 2.48 bits per heavy atom. The Bertz CT molecular complexity index is 952. The van der Waals surface area contributed by atoms with Crippen LogP contribution in [0, 0.1) is 0 Å². The average molecular weight is 459 g/mol. The molecule has 2 N–H and O–H groups in total. The van der Waals surface area contributed by atoms with Crippen LogP contribution in [0.25, 0.3) is 0 Å². The summed E-state index contributed by atoms with van der Waals surface area (Å²) in [6.45, 7) is 0.866. The molecule has 8 heteroatoms. The number of methoxy groups -OCH3 is 2. The molecule has 0 spiro atoms. The minimum absolute atomic E-state index is 0.0916. The summed E-state index contributed by atoms with van der Waals surface area (Å²) in [7, 11) is 3.14. The molecule has 2 heterocycles. The van der Waals surface area contributed by atoms with Gasteiger partial charge in [-0.15, -0.1) is 0 Å². The Kier molecular flexibility index (Phi) is 7.49. The van der Waals surface area contributed by atoms with Crippen molar-refractivity contribution < 1.29 is 38.7 Å². The van der Waals surface area contributed by atoms with Crippen molar-refractivity contribution >= 4 is 5.78 Å². The maximum atomic E-state index is 12.0. The molecule has 2 aromatic rings. The molecule has 0 amide bonds. The number of aliphatic hydroxyl groups excluding tert-OH is 2. The molecule has 0 aromatic heterocycles. The molecule has 4 atom stereocenters. The number of hydrogen-bond donors (Lipinski definition) is 2. The highest BCUT2D eigenvalue weighted by Crippen LogP contribution is 2.39. The van der Waals surface area contributed by atoms with Crippen LogP contribution in [-0.4, -0.2) is 68.3 Å². The lowest BCUT2D eigenvalue weighted by Crippen LogP contribution is -2.43. The lowest BCUT2D eigenvalue weighted by Gasteiger charge is -2.32. The highest BCUT2D eigenvalue weighted by Gasteiger charge is 2.37. The predicted octanol–water partition coefficient (Wildman–Crippen LogP) is 2.21. The smallest absolute Gasteiger partial charge is 0.192 e. The number of rotatable bonds is 8. The Morgan fingerprint density at radius 2 is 1.85 bits per heavy atom. The largest absolute Gasteiger partial charge is 0.496 e. The van der Waals surface area contributed by atoms with Gasteiger partial charge in [0.25, 0.3) is 0 Å². The van der Waals surface area contributed by atoms with Gasteiger partial charge in [0.2, 0.25) is 0 Å². The third kappa shape index (κ3) is 5.30. The molecule has 0 unspecified atom stereocenters. The van der Waals surface area contributed by atoms with Crippen molar-refractivity contribution in [2.75, 3.05) is 34.0 Å². The lowest BCUT2D eigenvalue weighted by molar-refractivity contribution is -0.162. The number of ether oxygens (including phenoxy) is 5. The van der Waals surface area contributed by atoms with Gasteiger partial charge in [0.15, 0.2) is 5.78 Å². The van der Waals surface area contributed by atoms with E-state index in [0.717, 1.165) is 29.9 Å². The van der Waals surface area contributed by atoms with Gasteiger partial charge in [-0.25, -0.2) is 0 Å². The predicted molar refractivity (Wildman–Crippen MR) is 119 cm³/mol. The number of carbonyl (C=O) groups excluding carboxylic acids is 1. The first-order chi connectivity index (χ1) is 16.0. The molecular formula is C25H30O8. The van der Waals surface area contributed by atoms with E-state index in [1.807, 2.05) is 30.3 Å². The Labute approximate surface area is 193 Å². The topological polar surface area (TPSA) is 104 Å². The summed E-state index contributed by atoms with van der Waals surface area (Å²) in [4.78, 5) is 12.0. The van der Waals surface area contributed by atoms with E-state index in [9.17, 15) is 15.0 Å². The number of ketones is 1. The average Bonchev–Trinajstić information content (AvgIpc) is 3.34. The summed E-state index contributed by atoms with van der Waals surface area (Å²) in [5, 5.41) is 19.7. The molecule has 2 saturated heterocycles. The quantitative estimate of drug-likeness (QED) is 0.621. The fraction of sp³-hybridized carbons (Fsp3) is 0.480. The zero-order chi connectivity index (χ0) is 23.4. The van der Waals surface area contributed by atoms with Crippen molar-refractivity contribution in [3.8, 4) is 17.2 Å². The molecule has 2 aliphatic rings. The number of Topliss-reactive ketones (excluding diaryl/α,β-unsaturated/α-hetero) is 1. The second-order valence-corrected chi connectivity index (χ2v) is 8.28. The van der Waals surface area contributed by atoms with Gasteiger partial charge in [-0.2, -0.15) is 0 Å². The van der Waals surface area contributed by atoms with Crippen molar-refractivity contribution in [3.63, 3.8) is 0 Å². The van der Waals surface area contributed by atoms with Gasteiger partial charge < -0.3 is 33.9 Å². The summed E-state index contributed by atoms with van der Waals surface area (Å²) >= 11 is 0. The highest BCUT2D eigenvalue weighted by atomic mass is 16.5. The van der Waals surface area contributed by atoms with Gasteiger partial charge in [0, 0.05) is 30.9 Å². The minimum atomic E-state index is -1.20.